The summed E-state index contributed by atoms with van der Waals surface area (Å²) in [6.45, 7) is 4.56. The first-order valence-electron chi connectivity index (χ1n) is 12.3. The van der Waals surface area contributed by atoms with Crippen molar-refractivity contribution in [1.82, 2.24) is 0 Å². The number of aryl methyl sites for hydroxylation is 1. The van der Waals surface area contributed by atoms with Crippen molar-refractivity contribution in [2.45, 2.75) is 45.6 Å². The molecule has 1 aliphatic rings. The van der Waals surface area contributed by atoms with E-state index in [-0.39, 0.29) is 24.4 Å². The van der Waals surface area contributed by atoms with Crippen molar-refractivity contribution < 1.29 is 23.8 Å². The number of carbonyl (C=O) groups excluding carboxylic acids is 2. The van der Waals surface area contributed by atoms with Gasteiger partial charge in [0, 0.05) is 16.0 Å². The fraction of sp³-hybridized carbons (Fsp3) is 0.310. The molecular formula is C29H30ClNO5S. The molecule has 4 rings (SSSR count). The number of hydrogen-bond donors (Lipinski definition) is 1. The molecule has 37 heavy (non-hydrogen) atoms. The standard InChI is InChI=1S/C29H30ClNO5S/c1-4-35-29(33)27-26-18(2)6-5-7-24(26)37-28(27)31-25(32)15-11-19-10-14-22(23(16-19)34-3)36-17-20-8-12-21(30)13-9-20/h8-16,18H,4-7,17H2,1-3H3,(H,31,32). The van der Waals surface area contributed by atoms with Gasteiger partial charge >= 0.3 is 5.97 Å². The Hall–Kier alpha value is -3.29. The molecule has 1 amide bonds. The summed E-state index contributed by atoms with van der Waals surface area (Å²) in [5.74, 6) is 0.705. The van der Waals surface area contributed by atoms with Crippen LogP contribution in [-0.2, 0) is 22.6 Å². The molecule has 6 nitrogen and oxygen atoms in total. The molecule has 1 unspecified atom stereocenters. The lowest BCUT2D eigenvalue weighted by Gasteiger charge is -2.19. The minimum Gasteiger partial charge on any atom is -0.493 e. The van der Waals surface area contributed by atoms with Crippen molar-refractivity contribution in [3.8, 4) is 11.5 Å². The molecule has 0 saturated carbocycles. The lowest BCUT2D eigenvalue weighted by atomic mass is 9.86. The molecule has 0 fully saturated rings. The number of ether oxygens (including phenoxy) is 3. The Morgan fingerprint density at radius 3 is 2.68 bits per heavy atom. The van der Waals surface area contributed by atoms with E-state index in [1.807, 2.05) is 30.3 Å². The number of fused-ring (bicyclic) bond motifs is 1. The zero-order valence-electron chi connectivity index (χ0n) is 21.1. The Labute approximate surface area is 226 Å². The largest absolute Gasteiger partial charge is 0.493 e. The minimum absolute atomic E-state index is 0.258. The average Bonchev–Trinajstić information content (AvgIpc) is 3.26. The van der Waals surface area contributed by atoms with Gasteiger partial charge in [-0.15, -0.1) is 11.3 Å². The molecule has 1 aliphatic carbocycles. The van der Waals surface area contributed by atoms with Gasteiger partial charge in [-0.05, 0) is 79.1 Å². The summed E-state index contributed by atoms with van der Waals surface area (Å²) in [7, 11) is 1.57. The molecule has 1 aromatic heterocycles. The van der Waals surface area contributed by atoms with E-state index in [1.165, 1.54) is 17.4 Å². The normalized spacial score (nSPS) is 14.8. The van der Waals surface area contributed by atoms with Crippen LogP contribution >= 0.6 is 22.9 Å². The van der Waals surface area contributed by atoms with Crippen molar-refractivity contribution in [2.75, 3.05) is 19.0 Å². The topological polar surface area (TPSA) is 73.9 Å². The maximum atomic E-state index is 12.8. The number of methoxy groups -OCH3 is 1. The van der Waals surface area contributed by atoms with Crippen molar-refractivity contribution in [1.29, 1.82) is 0 Å². The number of thiophene rings is 1. The van der Waals surface area contributed by atoms with Crippen LogP contribution < -0.4 is 14.8 Å². The Morgan fingerprint density at radius 2 is 1.95 bits per heavy atom. The highest BCUT2D eigenvalue weighted by Crippen LogP contribution is 2.43. The molecule has 0 radical (unpaired) electrons. The zero-order valence-corrected chi connectivity index (χ0v) is 22.7. The Kier molecular flexibility index (Phi) is 8.90. The molecule has 0 bridgehead atoms. The summed E-state index contributed by atoms with van der Waals surface area (Å²) < 4.78 is 16.7. The van der Waals surface area contributed by atoms with E-state index in [9.17, 15) is 9.59 Å². The molecule has 1 atom stereocenters. The lowest BCUT2D eigenvalue weighted by molar-refractivity contribution is -0.111. The van der Waals surface area contributed by atoms with E-state index >= 15 is 0 Å². The lowest BCUT2D eigenvalue weighted by Crippen LogP contribution is -2.15. The van der Waals surface area contributed by atoms with Crippen molar-refractivity contribution in [3.63, 3.8) is 0 Å². The fourth-order valence-corrected chi connectivity index (χ4v) is 5.86. The van der Waals surface area contributed by atoms with Crippen LogP contribution in [0.4, 0.5) is 5.00 Å². The van der Waals surface area contributed by atoms with Crippen LogP contribution in [-0.4, -0.2) is 25.6 Å². The Morgan fingerprint density at radius 1 is 1.16 bits per heavy atom. The first-order chi connectivity index (χ1) is 17.9. The third-order valence-corrected chi connectivity index (χ3v) is 7.63. The van der Waals surface area contributed by atoms with E-state index in [2.05, 4.69) is 12.2 Å². The summed E-state index contributed by atoms with van der Waals surface area (Å²) in [5.41, 5.74) is 3.28. The maximum Gasteiger partial charge on any atom is 0.341 e. The third kappa shape index (κ3) is 6.53. The predicted molar refractivity (Wildman–Crippen MR) is 148 cm³/mol. The molecule has 1 heterocycles. The van der Waals surface area contributed by atoms with Crippen molar-refractivity contribution >= 4 is 45.9 Å². The van der Waals surface area contributed by atoms with Crippen LogP contribution in [0, 0.1) is 0 Å². The van der Waals surface area contributed by atoms with Gasteiger partial charge < -0.3 is 19.5 Å². The average molecular weight is 540 g/mol. The van der Waals surface area contributed by atoms with Gasteiger partial charge in [-0.25, -0.2) is 4.79 Å². The number of hydrogen-bond acceptors (Lipinski definition) is 6. The Bertz CT molecular complexity index is 1300. The molecule has 1 N–H and O–H groups in total. The number of halogens is 1. The number of esters is 1. The van der Waals surface area contributed by atoms with Gasteiger partial charge in [0.05, 0.1) is 19.3 Å². The molecule has 3 aromatic rings. The van der Waals surface area contributed by atoms with E-state index in [0.29, 0.717) is 33.7 Å². The van der Waals surface area contributed by atoms with Crippen molar-refractivity contribution in [2.24, 2.45) is 0 Å². The summed E-state index contributed by atoms with van der Waals surface area (Å²) in [4.78, 5) is 26.7. The molecule has 8 heteroatoms. The summed E-state index contributed by atoms with van der Waals surface area (Å²) >= 11 is 7.41. The fourth-order valence-electron chi connectivity index (χ4n) is 4.38. The number of nitrogens with one attached hydrogen (secondary N) is 1. The molecule has 0 saturated heterocycles. The first-order valence-corrected chi connectivity index (χ1v) is 13.5. The van der Waals surface area contributed by atoms with Crippen LogP contribution in [0.1, 0.15) is 64.5 Å². The van der Waals surface area contributed by atoms with Gasteiger partial charge in [0.1, 0.15) is 11.6 Å². The highest BCUT2D eigenvalue weighted by atomic mass is 35.5. The zero-order chi connectivity index (χ0) is 26.4. The Balaban J connectivity index is 1.46. The third-order valence-electron chi connectivity index (χ3n) is 6.19. The van der Waals surface area contributed by atoms with Gasteiger partial charge in [0.2, 0.25) is 5.91 Å². The molecule has 0 aliphatic heterocycles. The van der Waals surface area contributed by atoms with Gasteiger partial charge in [-0.2, -0.15) is 0 Å². The van der Waals surface area contributed by atoms with E-state index in [0.717, 1.165) is 40.8 Å². The maximum absolute atomic E-state index is 12.8. The first kappa shape index (κ1) is 26.8. The van der Waals surface area contributed by atoms with E-state index < -0.39 is 0 Å². The second kappa shape index (κ2) is 12.3. The summed E-state index contributed by atoms with van der Waals surface area (Å²) in [6, 6.07) is 12.9. The summed E-state index contributed by atoms with van der Waals surface area (Å²) in [6.07, 6.45) is 6.14. The van der Waals surface area contributed by atoms with E-state index in [1.54, 1.807) is 32.2 Å². The quantitative estimate of drug-likeness (QED) is 0.229. The summed E-state index contributed by atoms with van der Waals surface area (Å²) in [5, 5.41) is 4.13. The van der Waals surface area contributed by atoms with Crippen LogP contribution in [0.25, 0.3) is 6.08 Å². The second-order valence-electron chi connectivity index (χ2n) is 8.80. The van der Waals surface area contributed by atoms with E-state index in [4.69, 9.17) is 25.8 Å². The highest BCUT2D eigenvalue weighted by Gasteiger charge is 2.30. The minimum atomic E-state index is -0.382. The number of amides is 1. The van der Waals surface area contributed by atoms with Gasteiger partial charge in [0.25, 0.3) is 0 Å². The highest BCUT2D eigenvalue weighted by molar-refractivity contribution is 7.17. The van der Waals surface area contributed by atoms with Gasteiger partial charge in [-0.3, -0.25) is 4.79 Å². The van der Waals surface area contributed by atoms with Gasteiger partial charge in [0.15, 0.2) is 11.5 Å². The smallest absolute Gasteiger partial charge is 0.341 e. The second-order valence-corrected chi connectivity index (χ2v) is 10.3. The van der Waals surface area contributed by atoms with Crippen LogP contribution in [0.2, 0.25) is 5.02 Å². The van der Waals surface area contributed by atoms with Crippen molar-refractivity contribution in [3.05, 3.63) is 80.7 Å². The molecule has 194 valence electrons. The molecule has 0 spiro atoms. The number of rotatable bonds is 9. The SMILES string of the molecule is CCOC(=O)c1c(NC(=O)C=Cc2ccc(OCc3ccc(Cl)cc3)c(OC)c2)sc2c1C(C)CCC2. The number of carbonyl (C=O) groups is 2. The monoisotopic (exact) mass is 539 g/mol. The molecule has 2 aromatic carbocycles. The molecular weight excluding hydrogens is 510 g/mol. The van der Waals surface area contributed by atoms with Crippen LogP contribution in [0.3, 0.4) is 0 Å². The van der Waals surface area contributed by atoms with Crippen LogP contribution in [0.15, 0.2) is 48.5 Å². The number of anilines is 1. The van der Waals surface area contributed by atoms with Crippen LogP contribution in [0.5, 0.6) is 11.5 Å². The predicted octanol–water partition coefficient (Wildman–Crippen LogP) is 7.26. The number of benzene rings is 2. The van der Waals surface area contributed by atoms with Gasteiger partial charge in [-0.1, -0.05) is 36.7 Å².